The number of hydrogen-bond donors (Lipinski definition) is 5. The third-order valence-electron chi connectivity index (χ3n) is 4.24. The maximum Gasteiger partial charge on any atom is 0.157 e. The van der Waals surface area contributed by atoms with Crippen molar-refractivity contribution in [1.29, 1.82) is 0 Å². The number of hydrogen-bond acceptors (Lipinski definition) is 6. The van der Waals surface area contributed by atoms with Gasteiger partial charge < -0.3 is 30.3 Å². The standard InChI is InChI=1S/C17H18O6/c1-8-12(19)6-14-10(15(8)21)7-17(2,22)16(23-14)9-3-4-11(18)13(20)5-9/h3-6,16,18-22H,7H2,1-2H3. The molecule has 6 heteroatoms. The largest absolute Gasteiger partial charge is 0.507 e. The van der Waals surface area contributed by atoms with Crippen molar-refractivity contribution < 1.29 is 30.3 Å². The van der Waals surface area contributed by atoms with Crippen LogP contribution in [0.25, 0.3) is 0 Å². The van der Waals surface area contributed by atoms with E-state index in [1.807, 2.05) is 0 Å². The van der Waals surface area contributed by atoms with E-state index in [9.17, 15) is 25.5 Å². The quantitative estimate of drug-likeness (QED) is 0.516. The van der Waals surface area contributed by atoms with Crippen molar-refractivity contribution in [3.05, 3.63) is 41.0 Å². The number of aromatic hydroxyl groups is 4. The predicted molar refractivity (Wildman–Crippen MR) is 82.0 cm³/mol. The van der Waals surface area contributed by atoms with Gasteiger partial charge in [0.05, 0.1) is 0 Å². The van der Waals surface area contributed by atoms with E-state index in [2.05, 4.69) is 0 Å². The average Bonchev–Trinajstić information content (AvgIpc) is 2.48. The summed E-state index contributed by atoms with van der Waals surface area (Å²) in [6.45, 7) is 3.13. The van der Waals surface area contributed by atoms with Crippen LogP contribution in [0.3, 0.4) is 0 Å². The molecule has 122 valence electrons. The van der Waals surface area contributed by atoms with E-state index < -0.39 is 11.7 Å². The van der Waals surface area contributed by atoms with Gasteiger partial charge in [-0.25, -0.2) is 0 Å². The van der Waals surface area contributed by atoms with Crippen LogP contribution < -0.4 is 4.74 Å². The van der Waals surface area contributed by atoms with E-state index >= 15 is 0 Å². The van der Waals surface area contributed by atoms with E-state index in [0.717, 1.165) is 0 Å². The molecule has 2 aromatic rings. The maximum atomic E-state index is 10.7. The van der Waals surface area contributed by atoms with E-state index in [0.29, 0.717) is 16.7 Å². The molecule has 0 saturated carbocycles. The Morgan fingerprint density at radius 2 is 1.74 bits per heavy atom. The monoisotopic (exact) mass is 318 g/mol. The Kier molecular flexibility index (Phi) is 3.30. The first-order chi connectivity index (χ1) is 10.7. The molecule has 0 saturated heterocycles. The molecule has 0 amide bonds. The molecule has 3 rings (SSSR count). The summed E-state index contributed by atoms with van der Waals surface area (Å²) >= 11 is 0. The lowest BCUT2D eigenvalue weighted by molar-refractivity contribution is -0.0630. The number of benzene rings is 2. The number of aliphatic hydroxyl groups is 1. The van der Waals surface area contributed by atoms with Crippen LogP contribution in [0, 0.1) is 6.92 Å². The molecular weight excluding hydrogens is 300 g/mol. The summed E-state index contributed by atoms with van der Waals surface area (Å²) in [7, 11) is 0. The van der Waals surface area contributed by atoms with Gasteiger partial charge in [0, 0.05) is 23.6 Å². The number of phenols is 4. The van der Waals surface area contributed by atoms with Gasteiger partial charge in [-0.05, 0) is 31.5 Å². The Labute approximate surface area is 132 Å². The first kappa shape index (κ1) is 15.3. The highest BCUT2D eigenvalue weighted by atomic mass is 16.5. The van der Waals surface area contributed by atoms with Crippen molar-refractivity contribution in [3.63, 3.8) is 0 Å². The lowest BCUT2D eigenvalue weighted by Gasteiger charge is -2.39. The van der Waals surface area contributed by atoms with Crippen molar-refractivity contribution in [2.45, 2.75) is 32.0 Å². The molecule has 1 aliphatic heterocycles. The molecule has 2 aromatic carbocycles. The van der Waals surface area contributed by atoms with Crippen molar-refractivity contribution in [1.82, 2.24) is 0 Å². The van der Waals surface area contributed by atoms with Gasteiger partial charge >= 0.3 is 0 Å². The minimum Gasteiger partial charge on any atom is -0.507 e. The lowest BCUT2D eigenvalue weighted by Crippen LogP contribution is -2.41. The number of rotatable bonds is 1. The number of ether oxygens (including phenoxy) is 1. The molecule has 2 unspecified atom stereocenters. The molecule has 0 spiro atoms. The summed E-state index contributed by atoms with van der Waals surface area (Å²) in [5.74, 6) is -0.519. The van der Waals surface area contributed by atoms with Gasteiger partial charge in [0.1, 0.15) is 22.8 Å². The zero-order valence-electron chi connectivity index (χ0n) is 12.7. The minimum absolute atomic E-state index is 0.102. The summed E-state index contributed by atoms with van der Waals surface area (Å²) in [5.41, 5.74) is -0.138. The summed E-state index contributed by atoms with van der Waals surface area (Å²) in [6.07, 6.45) is -0.718. The molecule has 0 fully saturated rings. The molecule has 0 aliphatic carbocycles. The van der Waals surface area contributed by atoms with E-state index in [-0.39, 0.29) is 35.2 Å². The summed E-state index contributed by atoms with van der Waals surface area (Å²) in [6, 6.07) is 5.55. The van der Waals surface area contributed by atoms with Crippen LogP contribution in [0.1, 0.15) is 29.7 Å². The molecule has 2 atom stereocenters. The SMILES string of the molecule is Cc1c(O)cc2c(c1O)CC(C)(O)C(c1ccc(O)c(O)c1)O2. The average molecular weight is 318 g/mol. The van der Waals surface area contributed by atoms with Gasteiger partial charge in [0.25, 0.3) is 0 Å². The Bertz CT molecular complexity index is 781. The van der Waals surface area contributed by atoms with E-state index in [1.165, 1.54) is 24.3 Å². The zero-order valence-corrected chi connectivity index (χ0v) is 12.7. The van der Waals surface area contributed by atoms with Crippen LogP contribution in [0.15, 0.2) is 24.3 Å². The minimum atomic E-state index is -1.35. The smallest absolute Gasteiger partial charge is 0.157 e. The highest BCUT2D eigenvalue weighted by Gasteiger charge is 2.42. The van der Waals surface area contributed by atoms with Crippen molar-refractivity contribution in [2.75, 3.05) is 0 Å². The third kappa shape index (κ3) is 2.41. The van der Waals surface area contributed by atoms with Crippen molar-refractivity contribution >= 4 is 0 Å². The Hall–Kier alpha value is -2.60. The second-order valence-corrected chi connectivity index (χ2v) is 6.13. The maximum absolute atomic E-state index is 10.7. The second kappa shape index (κ2) is 4.96. The predicted octanol–water partition coefficient (Wildman–Crippen LogP) is 2.24. The van der Waals surface area contributed by atoms with Crippen molar-refractivity contribution in [3.8, 4) is 28.7 Å². The van der Waals surface area contributed by atoms with Gasteiger partial charge in [0.15, 0.2) is 17.6 Å². The molecule has 6 nitrogen and oxygen atoms in total. The van der Waals surface area contributed by atoms with Crippen LogP contribution in [-0.2, 0) is 6.42 Å². The molecular formula is C17H18O6. The molecule has 5 N–H and O–H groups in total. The summed E-state index contributed by atoms with van der Waals surface area (Å²) in [4.78, 5) is 0. The van der Waals surface area contributed by atoms with Crippen LogP contribution in [0.4, 0.5) is 0 Å². The van der Waals surface area contributed by atoms with Crippen LogP contribution in [-0.4, -0.2) is 31.1 Å². The summed E-state index contributed by atoms with van der Waals surface area (Å²) < 4.78 is 5.78. The molecule has 0 bridgehead atoms. The first-order valence-corrected chi connectivity index (χ1v) is 7.16. The normalized spacial score (nSPS) is 23.2. The number of phenolic OH excluding ortho intramolecular Hbond substituents is 4. The van der Waals surface area contributed by atoms with Gasteiger partial charge in [-0.2, -0.15) is 0 Å². The second-order valence-electron chi connectivity index (χ2n) is 6.13. The van der Waals surface area contributed by atoms with Gasteiger partial charge in [-0.1, -0.05) is 6.07 Å². The van der Waals surface area contributed by atoms with Gasteiger partial charge in [-0.15, -0.1) is 0 Å². The topological polar surface area (TPSA) is 110 Å². The molecule has 0 aromatic heterocycles. The Morgan fingerprint density at radius 3 is 2.39 bits per heavy atom. The fraction of sp³-hybridized carbons (Fsp3) is 0.294. The molecule has 23 heavy (non-hydrogen) atoms. The lowest BCUT2D eigenvalue weighted by atomic mass is 9.83. The van der Waals surface area contributed by atoms with Gasteiger partial charge in [0.2, 0.25) is 0 Å². The zero-order chi connectivity index (χ0) is 16.9. The Balaban J connectivity index is 2.09. The van der Waals surface area contributed by atoms with Crippen LogP contribution in [0.2, 0.25) is 0 Å². The number of fused-ring (bicyclic) bond motifs is 1. The third-order valence-corrected chi connectivity index (χ3v) is 4.24. The summed E-state index contributed by atoms with van der Waals surface area (Å²) in [5, 5.41) is 49.8. The van der Waals surface area contributed by atoms with Crippen molar-refractivity contribution in [2.24, 2.45) is 0 Å². The van der Waals surface area contributed by atoms with Crippen LogP contribution >= 0.6 is 0 Å². The fourth-order valence-electron chi connectivity index (χ4n) is 2.90. The highest BCUT2D eigenvalue weighted by Crippen LogP contribution is 2.48. The molecule has 0 radical (unpaired) electrons. The Morgan fingerprint density at radius 1 is 1.04 bits per heavy atom. The fourth-order valence-corrected chi connectivity index (χ4v) is 2.90. The van der Waals surface area contributed by atoms with Crippen LogP contribution in [0.5, 0.6) is 28.7 Å². The highest BCUT2D eigenvalue weighted by molar-refractivity contribution is 5.57. The van der Waals surface area contributed by atoms with Gasteiger partial charge in [-0.3, -0.25) is 0 Å². The molecule has 1 heterocycles. The molecule has 1 aliphatic rings. The first-order valence-electron chi connectivity index (χ1n) is 7.16. The van der Waals surface area contributed by atoms with E-state index in [4.69, 9.17) is 4.74 Å². The van der Waals surface area contributed by atoms with E-state index in [1.54, 1.807) is 13.8 Å².